The van der Waals surface area contributed by atoms with Crippen LogP contribution in [0.4, 0.5) is 56.9 Å². The van der Waals surface area contributed by atoms with E-state index in [0.717, 1.165) is 34.1 Å². The molecule has 11 aromatic carbocycles. The third-order valence-corrected chi connectivity index (χ3v) is 13.9. The summed E-state index contributed by atoms with van der Waals surface area (Å²) >= 11 is 0. The molecule has 0 N–H and O–H groups in total. The zero-order chi connectivity index (χ0) is 43.9. The second-order valence-corrected chi connectivity index (χ2v) is 17.4. The van der Waals surface area contributed by atoms with Crippen molar-refractivity contribution < 1.29 is 0 Å². The molecule has 66 heavy (non-hydrogen) atoms. The lowest BCUT2D eigenvalue weighted by Gasteiger charge is -2.39. The van der Waals surface area contributed by atoms with Gasteiger partial charge in [-0.05, 0) is 138 Å². The molecule has 0 fully saturated rings. The van der Waals surface area contributed by atoms with Crippen molar-refractivity contribution in [2.45, 2.75) is 0 Å². The first-order chi connectivity index (χ1) is 32.6. The van der Waals surface area contributed by atoms with Crippen molar-refractivity contribution in [2.24, 2.45) is 0 Å². The van der Waals surface area contributed by atoms with Crippen LogP contribution < -0.4 is 19.6 Å². The fourth-order valence-electron chi connectivity index (χ4n) is 10.8. The van der Waals surface area contributed by atoms with Gasteiger partial charge in [-0.3, -0.25) is 0 Å². The van der Waals surface area contributed by atoms with Crippen LogP contribution >= 0.6 is 0 Å². The van der Waals surface area contributed by atoms with E-state index in [9.17, 15) is 0 Å². The lowest BCUT2D eigenvalue weighted by atomic mass is 9.85. The van der Waals surface area contributed by atoms with E-state index in [4.69, 9.17) is 0 Å². The first-order valence-electron chi connectivity index (χ1n) is 22.7. The van der Waals surface area contributed by atoms with Crippen LogP contribution in [0.25, 0.3) is 65.7 Å². The molecule has 0 bridgehead atoms. The highest BCUT2D eigenvalue weighted by Crippen LogP contribution is 2.55. The largest absolute Gasteiger partial charge is 0.341 e. The van der Waals surface area contributed by atoms with Gasteiger partial charge in [0.2, 0.25) is 0 Å². The van der Waals surface area contributed by atoms with Crippen molar-refractivity contribution in [3.8, 4) is 33.4 Å². The number of benzene rings is 11. The van der Waals surface area contributed by atoms with Crippen molar-refractivity contribution in [1.82, 2.24) is 0 Å². The number of rotatable bonds is 5. The summed E-state index contributed by atoms with van der Waals surface area (Å²) in [6.45, 7) is 0. The van der Waals surface area contributed by atoms with Crippen LogP contribution in [0, 0.1) is 0 Å². The highest BCUT2D eigenvalue weighted by Gasteiger charge is 2.30. The molecule has 2 aliphatic rings. The van der Waals surface area contributed by atoms with Gasteiger partial charge < -0.3 is 19.6 Å². The van der Waals surface area contributed by atoms with Crippen molar-refractivity contribution in [2.75, 3.05) is 33.7 Å². The van der Waals surface area contributed by atoms with Gasteiger partial charge in [-0.25, -0.2) is 0 Å². The predicted octanol–water partition coefficient (Wildman–Crippen LogP) is 17.2. The van der Waals surface area contributed by atoms with E-state index in [-0.39, 0.29) is 0 Å². The molecule has 11 aromatic rings. The average Bonchev–Trinajstić information content (AvgIpc) is 3.38. The Morgan fingerprint density at radius 1 is 0.258 bits per heavy atom. The Bertz CT molecular complexity index is 3610. The third kappa shape index (κ3) is 5.78. The lowest BCUT2D eigenvalue weighted by molar-refractivity contribution is 1.13. The minimum Gasteiger partial charge on any atom is -0.341 e. The SMILES string of the molecule is CN1c2ccccc2N(c2ccc3c(-c4ccc(-c5cccc6ccccc56)cc4)c4cc(N5c6ccccc6N(C)c6ccccc65)ccc4c(-c4ccccc4)c3c2)c2ccccc21. The standard InChI is InChI=1S/C62H44N4/c1-63-53-23-8-12-27-57(53)65(58-28-13-9-24-54(58)63)45-36-38-50-51(39-45)61(43-18-4-3-5-19-43)49-37-35-46(66-59-29-14-10-25-55(59)64(2)56-26-11-15-30-60(56)66)40-52(49)62(50)44-33-31-42(32-34-44)48-22-16-20-41-17-6-7-21-47(41)48/h3-40H,1-2H3. The molecular weight excluding hydrogens is 801 g/mol. The second-order valence-electron chi connectivity index (χ2n) is 17.4. The molecule has 2 heterocycles. The molecular formula is C62H44N4. The van der Waals surface area contributed by atoms with E-state index in [2.05, 4.69) is 264 Å². The number of nitrogens with zero attached hydrogens (tertiary/aromatic N) is 4. The normalized spacial score (nSPS) is 12.9. The van der Waals surface area contributed by atoms with Crippen molar-refractivity contribution in [3.05, 3.63) is 231 Å². The van der Waals surface area contributed by atoms with E-state index < -0.39 is 0 Å². The molecule has 0 radical (unpaired) electrons. The average molecular weight is 845 g/mol. The molecule has 0 unspecified atom stereocenters. The molecule has 312 valence electrons. The van der Waals surface area contributed by atoms with E-state index in [1.54, 1.807) is 0 Å². The molecule has 0 saturated carbocycles. The van der Waals surface area contributed by atoms with Gasteiger partial charge >= 0.3 is 0 Å². The van der Waals surface area contributed by atoms with E-state index in [1.807, 2.05) is 0 Å². The van der Waals surface area contributed by atoms with Gasteiger partial charge in [-0.15, -0.1) is 0 Å². The molecule has 0 saturated heterocycles. The van der Waals surface area contributed by atoms with Crippen LogP contribution in [0.1, 0.15) is 0 Å². The molecule has 4 heteroatoms. The molecule has 4 nitrogen and oxygen atoms in total. The summed E-state index contributed by atoms with van der Waals surface area (Å²) in [5, 5.41) is 7.32. The number of para-hydroxylation sites is 8. The maximum Gasteiger partial charge on any atom is 0.0699 e. The first-order valence-corrected chi connectivity index (χ1v) is 22.7. The monoisotopic (exact) mass is 844 g/mol. The van der Waals surface area contributed by atoms with Crippen molar-refractivity contribution in [1.29, 1.82) is 0 Å². The van der Waals surface area contributed by atoms with E-state index >= 15 is 0 Å². The summed E-state index contributed by atoms with van der Waals surface area (Å²) in [7, 11) is 4.34. The third-order valence-electron chi connectivity index (χ3n) is 13.9. The topological polar surface area (TPSA) is 13.0 Å². The zero-order valence-corrected chi connectivity index (χ0v) is 36.7. The molecule has 2 aliphatic heterocycles. The number of hydrogen-bond acceptors (Lipinski definition) is 4. The van der Waals surface area contributed by atoms with Gasteiger partial charge in [0.05, 0.1) is 45.5 Å². The minimum absolute atomic E-state index is 1.12. The summed E-state index contributed by atoms with van der Waals surface area (Å²) in [6.07, 6.45) is 0. The summed E-state index contributed by atoms with van der Waals surface area (Å²) in [5.41, 5.74) is 18.8. The molecule has 0 atom stereocenters. The Morgan fingerprint density at radius 3 is 1.12 bits per heavy atom. The van der Waals surface area contributed by atoms with Gasteiger partial charge in [0.15, 0.2) is 0 Å². The van der Waals surface area contributed by atoms with Crippen LogP contribution in [-0.4, -0.2) is 14.1 Å². The van der Waals surface area contributed by atoms with Crippen molar-refractivity contribution >= 4 is 89.2 Å². The summed E-state index contributed by atoms with van der Waals surface area (Å²) in [4.78, 5) is 9.49. The summed E-state index contributed by atoms with van der Waals surface area (Å²) in [6, 6.07) is 84.8. The Balaban J connectivity index is 1.10. The number of fused-ring (bicyclic) bond motifs is 7. The number of anilines is 10. The molecule has 0 aromatic heterocycles. The quantitative estimate of drug-likeness (QED) is 0.160. The van der Waals surface area contributed by atoms with Gasteiger partial charge in [0, 0.05) is 25.5 Å². The van der Waals surface area contributed by atoms with Crippen LogP contribution in [0.2, 0.25) is 0 Å². The Hall–Kier alpha value is -8.60. The first kappa shape index (κ1) is 37.9. The summed E-state index contributed by atoms with van der Waals surface area (Å²) < 4.78 is 0. The fourth-order valence-corrected chi connectivity index (χ4v) is 10.8. The fraction of sp³-hybridized carbons (Fsp3) is 0.0323. The Kier molecular flexibility index (Phi) is 8.62. The number of hydrogen-bond donors (Lipinski definition) is 0. The smallest absolute Gasteiger partial charge is 0.0699 e. The van der Waals surface area contributed by atoms with Crippen molar-refractivity contribution in [3.63, 3.8) is 0 Å². The molecule has 13 rings (SSSR count). The predicted molar refractivity (Wildman–Crippen MR) is 281 cm³/mol. The maximum absolute atomic E-state index is 2.44. The Morgan fingerprint density at radius 2 is 0.636 bits per heavy atom. The highest BCUT2D eigenvalue weighted by molar-refractivity contribution is 6.23. The van der Waals surface area contributed by atoms with E-state index in [0.29, 0.717) is 0 Å². The van der Waals surface area contributed by atoms with Crippen LogP contribution in [0.15, 0.2) is 231 Å². The van der Waals surface area contributed by atoms with Crippen LogP contribution in [0.3, 0.4) is 0 Å². The Labute approximate surface area is 385 Å². The van der Waals surface area contributed by atoms with Gasteiger partial charge in [0.1, 0.15) is 0 Å². The second kappa shape index (κ2) is 15.0. The zero-order valence-electron chi connectivity index (χ0n) is 36.7. The molecule has 0 aliphatic carbocycles. The van der Waals surface area contributed by atoms with E-state index in [1.165, 1.54) is 88.4 Å². The van der Waals surface area contributed by atoms with Gasteiger partial charge in [-0.2, -0.15) is 0 Å². The molecule has 0 spiro atoms. The summed E-state index contributed by atoms with van der Waals surface area (Å²) in [5.74, 6) is 0. The van der Waals surface area contributed by atoms with Gasteiger partial charge in [-0.1, -0.05) is 158 Å². The lowest BCUT2D eigenvalue weighted by Crippen LogP contribution is -2.24. The maximum atomic E-state index is 2.44. The minimum atomic E-state index is 1.12. The van der Waals surface area contributed by atoms with Crippen LogP contribution in [0.5, 0.6) is 0 Å². The molecule has 0 amide bonds. The highest BCUT2D eigenvalue weighted by atomic mass is 15.3. The van der Waals surface area contributed by atoms with Gasteiger partial charge in [0.25, 0.3) is 0 Å². The van der Waals surface area contributed by atoms with Crippen LogP contribution in [-0.2, 0) is 0 Å².